The van der Waals surface area contributed by atoms with Crippen LogP contribution in [0.15, 0.2) is 6.33 Å². The van der Waals surface area contributed by atoms with Gasteiger partial charge in [-0.15, -0.1) is 0 Å². The van der Waals surface area contributed by atoms with Gasteiger partial charge in [0.05, 0.1) is 13.2 Å². The van der Waals surface area contributed by atoms with Gasteiger partial charge in [-0.2, -0.15) is 5.26 Å². The van der Waals surface area contributed by atoms with Crippen molar-refractivity contribution in [1.82, 2.24) is 9.97 Å². The van der Waals surface area contributed by atoms with Crippen molar-refractivity contribution in [3.8, 4) is 6.07 Å². The van der Waals surface area contributed by atoms with E-state index in [0.717, 1.165) is 13.1 Å². The highest BCUT2D eigenvalue weighted by Gasteiger charge is 2.18. The molecule has 0 radical (unpaired) electrons. The lowest BCUT2D eigenvalue weighted by molar-refractivity contribution is 0.122. The molecule has 1 aromatic rings. The van der Waals surface area contributed by atoms with Crippen LogP contribution >= 0.6 is 11.6 Å². The standard InChI is InChI=1S/C9H9ClN4O/c10-8-7(5-11)9(13-6-12-8)14-1-3-15-4-2-14/h6H,1-4H2. The second-order valence-electron chi connectivity index (χ2n) is 3.07. The Morgan fingerprint density at radius 2 is 2.13 bits per heavy atom. The van der Waals surface area contributed by atoms with E-state index < -0.39 is 0 Å². The lowest BCUT2D eigenvalue weighted by Crippen LogP contribution is -2.37. The van der Waals surface area contributed by atoms with Crippen molar-refractivity contribution in [2.24, 2.45) is 0 Å². The van der Waals surface area contributed by atoms with Crippen LogP contribution in [0.3, 0.4) is 0 Å². The number of nitrogens with zero attached hydrogens (tertiary/aromatic N) is 4. The Morgan fingerprint density at radius 3 is 2.80 bits per heavy atom. The lowest BCUT2D eigenvalue weighted by Gasteiger charge is -2.28. The first-order chi connectivity index (χ1) is 7.33. The van der Waals surface area contributed by atoms with Gasteiger partial charge < -0.3 is 9.64 Å². The maximum atomic E-state index is 8.96. The maximum Gasteiger partial charge on any atom is 0.152 e. The Kier molecular flexibility index (Phi) is 2.99. The van der Waals surface area contributed by atoms with E-state index in [9.17, 15) is 0 Å². The van der Waals surface area contributed by atoms with E-state index in [-0.39, 0.29) is 5.15 Å². The highest BCUT2D eigenvalue weighted by molar-refractivity contribution is 6.30. The van der Waals surface area contributed by atoms with Crippen LogP contribution in [0.5, 0.6) is 0 Å². The first kappa shape index (κ1) is 10.1. The predicted octanol–water partition coefficient (Wildman–Crippen LogP) is 0.838. The summed E-state index contributed by atoms with van der Waals surface area (Å²) in [4.78, 5) is 9.85. The smallest absolute Gasteiger partial charge is 0.152 e. The van der Waals surface area contributed by atoms with Crippen LogP contribution in [-0.2, 0) is 4.74 Å². The van der Waals surface area contributed by atoms with Crippen molar-refractivity contribution in [3.05, 3.63) is 17.0 Å². The minimum atomic E-state index is 0.203. The predicted molar refractivity (Wildman–Crippen MR) is 54.8 cm³/mol. The number of anilines is 1. The molecule has 0 aromatic carbocycles. The zero-order valence-corrected chi connectivity index (χ0v) is 8.74. The first-order valence-electron chi connectivity index (χ1n) is 4.56. The third-order valence-electron chi connectivity index (χ3n) is 2.20. The molecule has 0 aliphatic carbocycles. The monoisotopic (exact) mass is 224 g/mol. The second-order valence-corrected chi connectivity index (χ2v) is 3.43. The van der Waals surface area contributed by atoms with Crippen molar-refractivity contribution in [2.75, 3.05) is 31.2 Å². The summed E-state index contributed by atoms with van der Waals surface area (Å²) in [5.41, 5.74) is 0.334. The van der Waals surface area contributed by atoms with Gasteiger partial charge in [-0.1, -0.05) is 11.6 Å². The summed E-state index contributed by atoms with van der Waals surface area (Å²) < 4.78 is 5.22. The van der Waals surface area contributed by atoms with Gasteiger partial charge in [0.25, 0.3) is 0 Å². The van der Waals surface area contributed by atoms with E-state index in [1.165, 1.54) is 6.33 Å². The Hall–Kier alpha value is -1.38. The SMILES string of the molecule is N#Cc1c(Cl)ncnc1N1CCOCC1. The van der Waals surface area contributed by atoms with Gasteiger partial charge in [0.1, 0.15) is 18.0 Å². The average molecular weight is 225 g/mol. The third kappa shape index (κ3) is 2.01. The molecule has 1 fully saturated rings. The molecule has 5 nitrogen and oxygen atoms in total. The fourth-order valence-electron chi connectivity index (χ4n) is 1.47. The van der Waals surface area contributed by atoms with Crippen LogP contribution in [0.2, 0.25) is 5.15 Å². The number of nitriles is 1. The number of morpholine rings is 1. The molecule has 15 heavy (non-hydrogen) atoms. The van der Waals surface area contributed by atoms with Crippen molar-refractivity contribution < 1.29 is 4.74 Å². The fourth-order valence-corrected chi connectivity index (χ4v) is 1.64. The Balaban J connectivity index is 2.34. The highest BCUT2D eigenvalue weighted by atomic mass is 35.5. The Bertz CT molecular complexity index is 398. The Morgan fingerprint density at radius 1 is 1.40 bits per heavy atom. The molecular formula is C9H9ClN4O. The minimum Gasteiger partial charge on any atom is -0.378 e. The molecule has 78 valence electrons. The molecule has 0 spiro atoms. The molecular weight excluding hydrogens is 216 g/mol. The van der Waals surface area contributed by atoms with E-state index >= 15 is 0 Å². The average Bonchev–Trinajstić information content (AvgIpc) is 2.30. The summed E-state index contributed by atoms with van der Waals surface area (Å²) in [5, 5.41) is 9.16. The lowest BCUT2D eigenvalue weighted by atomic mass is 10.3. The quantitative estimate of drug-likeness (QED) is 0.662. The van der Waals surface area contributed by atoms with Crippen molar-refractivity contribution >= 4 is 17.4 Å². The third-order valence-corrected chi connectivity index (χ3v) is 2.49. The van der Waals surface area contributed by atoms with Gasteiger partial charge in [-0.3, -0.25) is 0 Å². The fraction of sp³-hybridized carbons (Fsp3) is 0.444. The van der Waals surface area contributed by atoms with Crippen LogP contribution in [0.1, 0.15) is 5.56 Å². The number of aromatic nitrogens is 2. The molecule has 6 heteroatoms. The molecule has 1 aliphatic heterocycles. The zero-order chi connectivity index (χ0) is 10.7. The summed E-state index contributed by atoms with van der Waals surface area (Å²) in [5.74, 6) is 0.598. The topological polar surface area (TPSA) is 62.0 Å². The molecule has 0 saturated carbocycles. The molecule has 1 aromatic heterocycles. The van der Waals surface area contributed by atoms with Gasteiger partial charge in [0, 0.05) is 13.1 Å². The van der Waals surface area contributed by atoms with E-state index in [1.807, 2.05) is 11.0 Å². The molecule has 0 bridgehead atoms. The molecule has 1 saturated heterocycles. The molecule has 2 rings (SSSR count). The highest BCUT2D eigenvalue weighted by Crippen LogP contribution is 2.22. The summed E-state index contributed by atoms with van der Waals surface area (Å²) in [6.45, 7) is 2.74. The van der Waals surface area contributed by atoms with E-state index in [1.54, 1.807) is 0 Å². The van der Waals surface area contributed by atoms with Crippen LogP contribution in [0, 0.1) is 11.3 Å². The van der Waals surface area contributed by atoms with Crippen LogP contribution in [-0.4, -0.2) is 36.3 Å². The second kappa shape index (κ2) is 4.43. The molecule has 0 amide bonds. The number of ether oxygens (including phenoxy) is 1. The molecule has 0 unspecified atom stereocenters. The van der Waals surface area contributed by atoms with Crippen LogP contribution < -0.4 is 4.90 Å². The van der Waals surface area contributed by atoms with Crippen LogP contribution in [0.25, 0.3) is 0 Å². The van der Waals surface area contributed by atoms with E-state index in [0.29, 0.717) is 24.6 Å². The summed E-state index contributed by atoms with van der Waals surface area (Å²) in [7, 11) is 0. The Labute approximate surface area is 92.3 Å². The van der Waals surface area contributed by atoms with Crippen molar-refractivity contribution in [1.29, 1.82) is 5.26 Å². The summed E-state index contributed by atoms with van der Waals surface area (Å²) >= 11 is 5.82. The number of hydrogen-bond acceptors (Lipinski definition) is 5. The largest absolute Gasteiger partial charge is 0.378 e. The summed E-state index contributed by atoms with van der Waals surface area (Å²) in [6.07, 6.45) is 1.37. The molecule has 2 heterocycles. The number of hydrogen-bond donors (Lipinski definition) is 0. The van der Waals surface area contributed by atoms with Gasteiger partial charge in [0.15, 0.2) is 11.0 Å². The van der Waals surface area contributed by atoms with Crippen molar-refractivity contribution in [2.45, 2.75) is 0 Å². The maximum absolute atomic E-state index is 8.96. The van der Waals surface area contributed by atoms with Gasteiger partial charge in [-0.05, 0) is 0 Å². The normalized spacial score (nSPS) is 16.1. The minimum absolute atomic E-state index is 0.203. The van der Waals surface area contributed by atoms with Gasteiger partial charge >= 0.3 is 0 Å². The van der Waals surface area contributed by atoms with Gasteiger partial charge in [-0.25, -0.2) is 9.97 Å². The zero-order valence-electron chi connectivity index (χ0n) is 7.98. The number of halogens is 1. The molecule has 0 N–H and O–H groups in total. The van der Waals surface area contributed by atoms with Crippen LogP contribution in [0.4, 0.5) is 5.82 Å². The van der Waals surface area contributed by atoms with Gasteiger partial charge in [0.2, 0.25) is 0 Å². The first-order valence-corrected chi connectivity index (χ1v) is 4.94. The van der Waals surface area contributed by atoms with E-state index in [2.05, 4.69) is 9.97 Å². The summed E-state index contributed by atoms with van der Waals surface area (Å²) in [6, 6.07) is 2.02. The molecule has 1 aliphatic rings. The van der Waals surface area contributed by atoms with E-state index in [4.69, 9.17) is 21.6 Å². The molecule has 0 atom stereocenters. The van der Waals surface area contributed by atoms with Crippen molar-refractivity contribution in [3.63, 3.8) is 0 Å². The number of rotatable bonds is 1.